The number of aryl methyl sites for hydroxylation is 1. The van der Waals surface area contributed by atoms with Crippen LogP contribution in [0.4, 0.5) is 0 Å². The van der Waals surface area contributed by atoms with Crippen molar-refractivity contribution in [2.75, 3.05) is 0 Å². The Bertz CT molecular complexity index is 965. The molecule has 0 saturated heterocycles. The number of nitrogens with one attached hydrogen (secondary N) is 1. The fraction of sp³-hybridized carbons (Fsp3) is 0.250. The molecule has 23 heavy (non-hydrogen) atoms. The summed E-state index contributed by atoms with van der Waals surface area (Å²) in [7, 11) is -3.71. The van der Waals surface area contributed by atoms with Crippen molar-refractivity contribution < 1.29 is 13.0 Å². The maximum absolute atomic E-state index is 12.8. The molecule has 1 aliphatic rings. The third kappa shape index (κ3) is 2.51. The van der Waals surface area contributed by atoms with Gasteiger partial charge in [0.25, 0.3) is 0 Å². The van der Waals surface area contributed by atoms with Gasteiger partial charge in [-0.3, -0.25) is 0 Å². The summed E-state index contributed by atoms with van der Waals surface area (Å²) in [4.78, 5) is 0.0966. The Balaban J connectivity index is 1.73. The highest BCUT2D eigenvalue weighted by Gasteiger charge is 2.27. The molecule has 1 atom stereocenters. The van der Waals surface area contributed by atoms with Crippen molar-refractivity contribution >= 4 is 21.1 Å². The first-order chi connectivity index (χ1) is 11.1. The molecule has 1 unspecified atom stereocenters. The van der Waals surface area contributed by atoms with Crippen LogP contribution in [0.3, 0.4) is 0 Å². The number of hydrogen-bond donors (Lipinski definition) is 1. The van der Waals surface area contributed by atoms with Crippen molar-refractivity contribution in [3.05, 3.63) is 53.6 Å². The summed E-state index contributed by atoms with van der Waals surface area (Å²) in [5.41, 5.74) is 2.93. The molecular formula is C16H15N3O3S. The van der Waals surface area contributed by atoms with Crippen LogP contribution >= 0.6 is 0 Å². The first kappa shape index (κ1) is 14.3. The number of aromatic nitrogens is 2. The van der Waals surface area contributed by atoms with Crippen LogP contribution in [0.5, 0.6) is 0 Å². The quantitative estimate of drug-likeness (QED) is 0.798. The summed E-state index contributed by atoms with van der Waals surface area (Å²) < 4.78 is 33.1. The van der Waals surface area contributed by atoms with Crippen LogP contribution in [0.1, 0.15) is 30.0 Å². The standard InChI is InChI=1S/C16H15N3O3S/c20-23(21,15-10-4-9-14-16(15)18-22-17-14)19-13-8-3-6-11-5-1-2-7-12(11)13/h1-2,4-5,7,9-10,13,19H,3,6,8H2. The lowest BCUT2D eigenvalue weighted by molar-refractivity contribution is 0.315. The Morgan fingerprint density at radius 1 is 1.09 bits per heavy atom. The Hall–Kier alpha value is -2.25. The maximum Gasteiger partial charge on any atom is 0.243 e. The molecule has 1 aliphatic carbocycles. The molecule has 0 radical (unpaired) electrons. The van der Waals surface area contributed by atoms with Gasteiger partial charge in [0.1, 0.15) is 10.4 Å². The Labute approximate surface area is 133 Å². The maximum atomic E-state index is 12.8. The topological polar surface area (TPSA) is 85.1 Å². The van der Waals surface area contributed by atoms with Gasteiger partial charge in [0.15, 0.2) is 5.52 Å². The molecule has 6 nitrogen and oxygen atoms in total. The zero-order valence-corrected chi connectivity index (χ0v) is 13.1. The van der Waals surface area contributed by atoms with E-state index in [1.807, 2.05) is 18.2 Å². The van der Waals surface area contributed by atoms with Crippen LogP contribution in [0, 0.1) is 0 Å². The lowest BCUT2D eigenvalue weighted by atomic mass is 9.88. The van der Waals surface area contributed by atoms with E-state index < -0.39 is 10.0 Å². The van der Waals surface area contributed by atoms with Crippen LogP contribution in [0.25, 0.3) is 11.0 Å². The fourth-order valence-corrected chi connectivity index (χ4v) is 4.53. The minimum atomic E-state index is -3.71. The molecule has 0 bridgehead atoms. The molecule has 2 aromatic carbocycles. The van der Waals surface area contributed by atoms with Crippen LogP contribution in [-0.4, -0.2) is 18.7 Å². The second-order valence-electron chi connectivity index (χ2n) is 5.65. The van der Waals surface area contributed by atoms with Gasteiger partial charge in [0.05, 0.1) is 0 Å². The Kier molecular flexibility index (Phi) is 3.39. The predicted molar refractivity (Wildman–Crippen MR) is 84.2 cm³/mol. The van der Waals surface area contributed by atoms with Crippen molar-refractivity contribution in [2.24, 2.45) is 0 Å². The van der Waals surface area contributed by atoms with Crippen LogP contribution in [0.2, 0.25) is 0 Å². The molecule has 0 saturated carbocycles. The monoisotopic (exact) mass is 329 g/mol. The number of fused-ring (bicyclic) bond motifs is 2. The summed E-state index contributed by atoms with van der Waals surface area (Å²) in [6.45, 7) is 0. The van der Waals surface area contributed by atoms with Crippen molar-refractivity contribution in [1.82, 2.24) is 15.0 Å². The lowest BCUT2D eigenvalue weighted by Gasteiger charge is -2.26. The Morgan fingerprint density at radius 2 is 1.96 bits per heavy atom. The van der Waals surface area contributed by atoms with E-state index in [1.54, 1.807) is 12.1 Å². The van der Waals surface area contributed by atoms with E-state index in [2.05, 4.69) is 25.7 Å². The van der Waals surface area contributed by atoms with Gasteiger partial charge < -0.3 is 0 Å². The van der Waals surface area contributed by atoms with Gasteiger partial charge >= 0.3 is 0 Å². The smallest absolute Gasteiger partial charge is 0.243 e. The van der Waals surface area contributed by atoms with E-state index in [0.717, 1.165) is 24.8 Å². The second kappa shape index (κ2) is 5.43. The zero-order chi connectivity index (χ0) is 15.9. The minimum absolute atomic E-state index is 0.0966. The summed E-state index contributed by atoms with van der Waals surface area (Å²) in [5.74, 6) is 0. The van der Waals surface area contributed by atoms with E-state index in [4.69, 9.17) is 0 Å². The highest BCUT2D eigenvalue weighted by atomic mass is 32.2. The van der Waals surface area contributed by atoms with Crippen molar-refractivity contribution in [3.8, 4) is 0 Å². The van der Waals surface area contributed by atoms with E-state index >= 15 is 0 Å². The van der Waals surface area contributed by atoms with Gasteiger partial charge in [-0.2, -0.15) is 0 Å². The second-order valence-corrected chi connectivity index (χ2v) is 7.34. The number of benzene rings is 2. The van der Waals surface area contributed by atoms with Gasteiger partial charge in [-0.05, 0) is 52.8 Å². The number of rotatable bonds is 3. The van der Waals surface area contributed by atoms with Crippen LogP contribution in [0.15, 0.2) is 52.0 Å². The largest absolute Gasteiger partial charge is 0.243 e. The van der Waals surface area contributed by atoms with Gasteiger partial charge in [0, 0.05) is 6.04 Å². The van der Waals surface area contributed by atoms with E-state index in [9.17, 15) is 8.42 Å². The molecule has 1 N–H and O–H groups in total. The molecule has 3 aromatic rings. The highest BCUT2D eigenvalue weighted by Crippen LogP contribution is 2.31. The van der Waals surface area contributed by atoms with Crippen molar-refractivity contribution in [2.45, 2.75) is 30.2 Å². The van der Waals surface area contributed by atoms with Crippen molar-refractivity contribution in [3.63, 3.8) is 0 Å². The summed E-state index contributed by atoms with van der Waals surface area (Å²) in [6.07, 6.45) is 2.72. The predicted octanol–water partition coefficient (Wildman–Crippen LogP) is 2.58. The van der Waals surface area contributed by atoms with Crippen LogP contribution in [-0.2, 0) is 16.4 Å². The molecule has 0 fully saturated rings. The number of sulfonamides is 1. The van der Waals surface area contributed by atoms with Gasteiger partial charge in [-0.15, -0.1) is 0 Å². The SMILES string of the molecule is O=S(=O)(NC1CCCc2ccccc21)c1cccc2nonc12. The van der Waals surface area contributed by atoms with E-state index in [0.29, 0.717) is 5.52 Å². The summed E-state index contributed by atoms with van der Waals surface area (Å²) in [6, 6.07) is 12.6. The Morgan fingerprint density at radius 3 is 2.87 bits per heavy atom. The molecule has 7 heteroatoms. The normalized spacial score (nSPS) is 18.0. The molecular weight excluding hydrogens is 314 g/mol. The zero-order valence-electron chi connectivity index (χ0n) is 12.3. The molecule has 1 heterocycles. The van der Waals surface area contributed by atoms with E-state index in [-0.39, 0.29) is 16.5 Å². The molecule has 0 amide bonds. The first-order valence-electron chi connectivity index (χ1n) is 7.46. The average molecular weight is 329 g/mol. The molecule has 0 spiro atoms. The highest BCUT2D eigenvalue weighted by molar-refractivity contribution is 7.89. The number of hydrogen-bond acceptors (Lipinski definition) is 5. The van der Waals surface area contributed by atoms with Crippen molar-refractivity contribution in [1.29, 1.82) is 0 Å². The summed E-state index contributed by atoms with van der Waals surface area (Å²) >= 11 is 0. The fourth-order valence-electron chi connectivity index (χ4n) is 3.13. The molecule has 0 aliphatic heterocycles. The number of nitrogens with zero attached hydrogens (tertiary/aromatic N) is 2. The average Bonchev–Trinajstić information content (AvgIpc) is 3.03. The minimum Gasteiger partial charge on any atom is -0.243 e. The summed E-state index contributed by atoms with van der Waals surface area (Å²) in [5, 5.41) is 7.41. The van der Waals surface area contributed by atoms with E-state index in [1.165, 1.54) is 11.6 Å². The van der Waals surface area contributed by atoms with Crippen LogP contribution < -0.4 is 4.72 Å². The third-order valence-corrected chi connectivity index (χ3v) is 5.71. The first-order valence-corrected chi connectivity index (χ1v) is 8.95. The van der Waals surface area contributed by atoms with Gasteiger partial charge in [-0.1, -0.05) is 30.3 Å². The third-order valence-electron chi connectivity index (χ3n) is 4.21. The van der Waals surface area contributed by atoms with Gasteiger partial charge in [-0.25, -0.2) is 17.8 Å². The van der Waals surface area contributed by atoms with Gasteiger partial charge in [0.2, 0.25) is 10.0 Å². The molecule has 4 rings (SSSR count). The lowest BCUT2D eigenvalue weighted by Crippen LogP contribution is -2.31. The molecule has 1 aromatic heterocycles. The molecule has 118 valence electrons.